The maximum atomic E-state index is 12.0. The Morgan fingerprint density at radius 2 is 2.19 bits per heavy atom. The van der Waals surface area contributed by atoms with E-state index in [-0.39, 0.29) is 5.91 Å². The second-order valence-electron chi connectivity index (χ2n) is 5.81. The molecule has 2 heterocycles. The average Bonchev–Trinajstić information content (AvgIpc) is 3.05. The van der Waals surface area contributed by atoms with Gasteiger partial charge in [0.15, 0.2) is 11.4 Å². The fourth-order valence-electron chi connectivity index (χ4n) is 2.60. The van der Waals surface area contributed by atoms with E-state index in [4.69, 9.17) is 27.9 Å². The maximum absolute atomic E-state index is 12.0. The lowest BCUT2D eigenvalue weighted by Gasteiger charge is -2.03. The first-order chi connectivity index (χ1) is 13.1. The highest BCUT2D eigenvalue weighted by molar-refractivity contribution is 6.35. The summed E-state index contributed by atoms with van der Waals surface area (Å²) in [6.45, 7) is 3.00. The smallest absolute Gasteiger partial charge is 0.244 e. The van der Waals surface area contributed by atoms with Gasteiger partial charge in [-0.2, -0.15) is 0 Å². The van der Waals surface area contributed by atoms with Gasteiger partial charge in [-0.3, -0.25) is 4.79 Å². The van der Waals surface area contributed by atoms with Crippen LogP contribution < -0.4 is 10.1 Å². The van der Waals surface area contributed by atoms with Crippen molar-refractivity contribution >= 4 is 40.8 Å². The summed E-state index contributed by atoms with van der Waals surface area (Å²) >= 11 is 11.9. The Bertz CT molecular complexity index is 983. The molecule has 0 spiro atoms. The van der Waals surface area contributed by atoms with Gasteiger partial charge in [-0.1, -0.05) is 29.3 Å². The van der Waals surface area contributed by atoms with E-state index < -0.39 is 0 Å². The normalized spacial score (nSPS) is 11.2. The zero-order valence-electron chi connectivity index (χ0n) is 14.8. The summed E-state index contributed by atoms with van der Waals surface area (Å²) < 4.78 is 7.51. The number of rotatable bonds is 7. The van der Waals surface area contributed by atoms with Gasteiger partial charge < -0.3 is 14.5 Å². The number of fused-ring (bicyclic) bond motifs is 1. The number of aromatic nitrogens is 2. The molecule has 2 aromatic heterocycles. The summed E-state index contributed by atoms with van der Waals surface area (Å²) in [6, 6.07) is 8.94. The lowest BCUT2D eigenvalue weighted by molar-refractivity contribution is -0.116. The number of pyridine rings is 1. The molecular formula is C20H19Cl2N3O2. The molecule has 7 heteroatoms. The van der Waals surface area contributed by atoms with Gasteiger partial charge in [0.1, 0.15) is 0 Å². The van der Waals surface area contributed by atoms with Crippen molar-refractivity contribution in [2.75, 3.05) is 13.2 Å². The molecule has 0 fully saturated rings. The monoisotopic (exact) mass is 403 g/mol. The second kappa shape index (κ2) is 8.93. The van der Waals surface area contributed by atoms with Crippen LogP contribution in [0.2, 0.25) is 10.0 Å². The molecule has 1 amide bonds. The quantitative estimate of drug-likeness (QED) is 0.594. The molecule has 140 valence electrons. The van der Waals surface area contributed by atoms with Crippen molar-refractivity contribution in [2.45, 2.75) is 13.3 Å². The van der Waals surface area contributed by atoms with Gasteiger partial charge in [-0.15, -0.1) is 0 Å². The van der Waals surface area contributed by atoms with Crippen LogP contribution in [0.1, 0.15) is 18.2 Å². The zero-order chi connectivity index (χ0) is 19.2. The largest absolute Gasteiger partial charge is 0.490 e. The van der Waals surface area contributed by atoms with Gasteiger partial charge in [0.05, 0.1) is 12.3 Å². The molecule has 27 heavy (non-hydrogen) atoms. The van der Waals surface area contributed by atoms with Crippen LogP contribution in [-0.2, 0) is 11.2 Å². The number of benzene rings is 1. The van der Waals surface area contributed by atoms with Crippen LogP contribution in [0.15, 0.2) is 48.8 Å². The van der Waals surface area contributed by atoms with Crippen LogP contribution in [0.3, 0.4) is 0 Å². The highest BCUT2D eigenvalue weighted by Gasteiger charge is 2.07. The van der Waals surface area contributed by atoms with Gasteiger partial charge in [0.25, 0.3) is 0 Å². The number of ether oxygens (including phenoxy) is 1. The molecule has 3 rings (SSSR count). The molecule has 0 radical (unpaired) electrons. The third kappa shape index (κ3) is 5.02. The first kappa shape index (κ1) is 19.3. The van der Waals surface area contributed by atoms with Gasteiger partial charge in [0, 0.05) is 41.5 Å². The molecule has 5 nitrogen and oxygen atoms in total. The van der Waals surface area contributed by atoms with Crippen molar-refractivity contribution in [3.8, 4) is 5.75 Å². The van der Waals surface area contributed by atoms with E-state index in [0.29, 0.717) is 29.6 Å². The molecule has 0 aliphatic rings. The van der Waals surface area contributed by atoms with Crippen molar-refractivity contribution in [1.29, 1.82) is 0 Å². The van der Waals surface area contributed by atoms with Crippen molar-refractivity contribution in [1.82, 2.24) is 14.7 Å². The standard InChI is InChI=1S/C20H19Cl2N3O2/c1-2-27-18-4-3-11-25-13-16(24-20(18)25)9-10-23-19(26)8-6-14-5-7-15(21)12-17(14)22/h3-8,11-13H,2,9-10H2,1H3,(H,23,26)/b8-6+. The fraction of sp³-hybridized carbons (Fsp3) is 0.200. The molecule has 0 unspecified atom stereocenters. The predicted molar refractivity (Wildman–Crippen MR) is 109 cm³/mol. The van der Waals surface area contributed by atoms with E-state index >= 15 is 0 Å². The number of hydrogen-bond acceptors (Lipinski definition) is 3. The predicted octanol–water partition coefficient (Wildman–Crippen LogP) is 4.41. The Kier molecular flexibility index (Phi) is 6.37. The number of imidazole rings is 1. The van der Waals surface area contributed by atoms with E-state index in [0.717, 1.165) is 22.7 Å². The third-order valence-corrected chi connectivity index (χ3v) is 4.42. The van der Waals surface area contributed by atoms with Crippen molar-refractivity contribution in [2.24, 2.45) is 0 Å². The molecular weight excluding hydrogens is 385 g/mol. The third-order valence-electron chi connectivity index (χ3n) is 3.85. The molecule has 0 atom stereocenters. The SMILES string of the molecule is CCOc1cccn2cc(CCNC(=O)/C=C/c3ccc(Cl)cc3Cl)nc12. The summed E-state index contributed by atoms with van der Waals surface area (Å²) in [7, 11) is 0. The minimum absolute atomic E-state index is 0.195. The second-order valence-corrected chi connectivity index (χ2v) is 6.65. The number of nitrogens with zero attached hydrogens (tertiary/aromatic N) is 2. The molecule has 0 bridgehead atoms. The Hall–Kier alpha value is -2.50. The topological polar surface area (TPSA) is 55.6 Å². The van der Waals surface area contributed by atoms with Crippen molar-refractivity contribution in [3.05, 3.63) is 70.1 Å². The first-order valence-electron chi connectivity index (χ1n) is 8.57. The summed E-state index contributed by atoms with van der Waals surface area (Å²) in [6.07, 6.45) is 7.59. The highest BCUT2D eigenvalue weighted by Crippen LogP contribution is 2.22. The van der Waals surface area contributed by atoms with Gasteiger partial charge >= 0.3 is 0 Å². The molecule has 0 aliphatic heterocycles. The van der Waals surface area contributed by atoms with Crippen molar-refractivity contribution in [3.63, 3.8) is 0 Å². The molecule has 0 aliphatic carbocycles. The highest BCUT2D eigenvalue weighted by atomic mass is 35.5. The zero-order valence-corrected chi connectivity index (χ0v) is 16.3. The lowest BCUT2D eigenvalue weighted by Crippen LogP contribution is -2.23. The van der Waals surface area contributed by atoms with E-state index in [1.54, 1.807) is 24.3 Å². The number of carbonyl (C=O) groups excluding carboxylic acids is 1. The maximum Gasteiger partial charge on any atom is 0.244 e. The van der Waals surface area contributed by atoms with Crippen LogP contribution in [0.4, 0.5) is 0 Å². The van der Waals surface area contributed by atoms with Crippen LogP contribution >= 0.6 is 23.2 Å². The fourth-order valence-corrected chi connectivity index (χ4v) is 3.07. The van der Waals surface area contributed by atoms with E-state index in [1.165, 1.54) is 6.08 Å². The lowest BCUT2D eigenvalue weighted by atomic mass is 10.2. The Labute approximate surface area is 167 Å². The van der Waals surface area contributed by atoms with Gasteiger partial charge in [-0.25, -0.2) is 4.98 Å². The number of nitrogens with one attached hydrogen (secondary N) is 1. The number of carbonyl (C=O) groups is 1. The minimum atomic E-state index is -0.195. The number of amides is 1. The molecule has 1 aromatic carbocycles. The summed E-state index contributed by atoms with van der Waals surface area (Å²) in [4.78, 5) is 16.6. The average molecular weight is 404 g/mol. The van der Waals surface area contributed by atoms with E-state index in [1.807, 2.05) is 35.9 Å². The first-order valence-corrected chi connectivity index (χ1v) is 9.32. The van der Waals surface area contributed by atoms with Gasteiger partial charge in [-0.05, 0) is 42.8 Å². The molecule has 0 saturated carbocycles. The molecule has 3 aromatic rings. The molecule has 0 saturated heterocycles. The Morgan fingerprint density at radius 1 is 1.33 bits per heavy atom. The molecule has 1 N–H and O–H groups in total. The van der Waals surface area contributed by atoms with E-state index in [9.17, 15) is 4.79 Å². The van der Waals surface area contributed by atoms with Gasteiger partial charge in [0.2, 0.25) is 5.91 Å². The van der Waals surface area contributed by atoms with Crippen LogP contribution in [0.25, 0.3) is 11.7 Å². The summed E-state index contributed by atoms with van der Waals surface area (Å²) in [5.74, 6) is 0.554. The summed E-state index contributed by atoms with van der Waals surface area (Å²) in [5, 5.41) is 3.90. The van der Waals surface area contributed by atoms with Crippen molar-refractivity contribution < 1.29 is 9.53 Å². The Morgan fingerprint density at radius 3 is 2.96 bits per heavy atom. The van der Waals surface area contributed by atoms with Crippen LogP contribution in [-0.4, -0.2) is 28.4 Å². The Balaban J connectivity index is 1.56. The number of halogens is 2. The number of hydrogen-bond donors (Lipinski definition) is 1. The van der Waals surface area contributed by atoms with Crippen LogP contribution in [0.5, 0.6) is 5.75 Å². The summed E-state index contributed by atoms with van der Waals surface area (Å²) in [5.41, 5.74) is 2.39. The van der Waals surface area contributed by atoms with Crippen LogP contribution in [0, 0.1) is 0 Å². The van der Waals surface area contributed by atoms with E-state index in [2.05, 4.69) is 10.3 Å². The minimum Gasteiger partial charge on any atom is -0.490 e.